The molecule has 33 heavy (non-hydrogen) atoms. The van der Waals surface area contributed by atoms with Crippen LogP contribution in [-0.2, 0) is 16.0 Å². The third-order valence-corrected chi connectivity index (χ3v) is 4.55. The Labute approximate surface area is 194 Å². The largest absolute Gasteiger partial charge is 0.482 e. The van der Waals surface area contributed by atoms with E-state index in [1.165, 1.54) is 18.2 Å². The number of anilines is 1. The average molecular weight is 462 g/mol. The van der Waals surface area contributed by atoms with Gasteiger partial charge in [-0.15, -0.1) is 0 Å². The maximum Gasteiger partial charge on any atom is 0.341 e. The third-order valence-electron chi connectivity index (χ3n) is 4.25. The van der Waals surface area contributed by atoms with E-state index in [1.54, 1.807) is 42.5 Å². The van der Waals surface area contributed by atoms with Crippen LogP contribution in [0.1, 0.15) is 16.7 Å². The number of halogens is 1. The van der Waals surface area contributed by atoms with Crippen LogP contribution in [0, 0.1) is 22.7 Å². The normalized spacial score (nSPS) is 9.91. The molecule has 1 amide bonds. The number of hydrogen-bond acceptors (Lipinski definition) is 6. The Balaban J connectivity index is 1.62. The fourth-order valence-electron chi connectivity index (χ4n) is 2.82. The molecule has 2 N–H and O–H groups in total. The van der Waals surface area contributed by atoms with Crippen LogP contribution in [0.15, 0.2) is 60.7 Å². The van der Waals surface area contributed by atoms with Crippen molar-refractivity contribution in [1.82, 2.24) is 0 Å². The molecule has 0 heterocycles. The molecular formula is C24H16ClN3O5. The Bertz CT molecular complexity index is 1240. The van der Waals surface area contributed by atoms with Gasteiger partial charge in [0.25, 0.3) is 0 Å². The van der Waals surface area contributed by atoms with E-state index in [-0.39, 0.29) is 28.5 Å². The van der Waals surface area contributed by atoms with E-state index in [0.717, 1.165) is 0 Å². The lowest BCUT2D eigenvalue weighted by Crippen LogP contribution is -2.14. The summed E-state index contributed by atoms with van der Waals surface area (Å²) in [5.74, 6) is -0.366. The first-order valence-corrected chi connectivity index (χ1v) is 9.90. The second-order valence-corrected chi connectivity index (χ2v) is 7.18. The predicted octanol–water partition coefficient (Wildman–Crippen LogP) is 4.52. The number of hydrogen-bond donors (Lipinski definition) is 2. The molecule has 0 bridgehead atoms. The number of carbonyl (C=O) groups is 2. The minimum Gasteiger partial charge on any atom is -0.482 e. The Hall–Kier alpha value is -4.53. The van der Waals surface area contributed by atoms with Gasteiger partial charge in [0.1, 0.15) is 17.2 Å². The Morgan fingerprint density at radius 1 is 0.939 bits per heavy atom. The van der Waals surface area contributed by atoms with Crippen molar-refractivity contribution < 1.29 is 24.2 Å². The highest BCUT2D eigenvalue weighted by atomic mass is 35.5. The van der Waals surface area contributed by atoms with Gasteiger partial charge in [-0.05, 0) is 60.2 Å². The number of benzene rings is 3. The monoisotopic (exact) mass is 461 g/mol. The first-order chi connectivity index (χ1) is 15.9. The fourth-order valence-corrected chi connectivity index (χ4v) is 3.06. The predicted molar refractivity (Wildman–Crippen MR) is 119 cm³/mol. The van der Waals surface area contributed by atoms with E-state index in [2.05, 4.69) is 5.32 Å². The van der Waals surface area contributed by atoms with Crippen molar-refractivity contribution in [2.75, 3.05) is 11.9 Å². The summed E-state index contributed by atoms with van der Waals surface area (Å²) in [4.78, 5) is 22.9. The number of rotatable bonds is 8. The lowest BCUT2D eigenvalue weighted by Gasteiger charge is -2.11. The van der Waals surface area contributed by atoms with Crippen molar-refractivity contribution in [3.8, 4) is 29.4 Å². The lowest BCUT2D eigenvalue weighted by molar-refractivity contribution is -0.139. The van der Waals surface area contributed by atoms with Crippen LogP contribution < -0.4 is 14.8 Å². The molecule has 0 saturated carbocycles. The van der Waals surface area contributed by atoms with Gasteiger partial charge in [0.05, 0.1) is 34.7 Å². The van der Waals surface area contributed by atoms with Crippen molar-refractivity contribution in [1.29, 1.82) is 10.5 Å². The second kappa shape index (κ2) is 10.7. The molecular weight excluding hydrogens is 446 g/mol. The molecule has 0 aliphatic rings. The molecule has 0 fully saturated rings. The topological polar surface area (TPSA) is 132 Å². The fraction of sp³-hybridized carbons (Fsp3) is 0.0833. The van der Waals surface area contributed by atoms with Crippen LogP contribution in [0.2, 0.25) is 5.02 Å². The minimum absolute atomic E-state index is 0.0553. The van der Waals surface area contributed by atoms with Gasteiger partial charge in [-0.25, -0.2) is 4.79 Å². The second-order valence-electron chi connectivity index (χ2n) is 6.77. The van der Waals surface area contributed by atoms with Gasteiger partial charge >= 0.3 is 5.97 Å². The highest BCUT2D eigenvalue weighted by Crippen LogP contribution is 2.31. The number of aliphatic carboxylic acids is 1. The van der Waals surface area contributed by atoms with Crippen molar-refractivity contribution in [3.05, 3.63) is 82.4 Å². The van der Waals surface area contributed by atoms with Crippen molar-refractivity contribution in [3.63, 3.8) is 0 Å². The summed E-state index contributed by atoms with van der Waals surface area (Å²) >= 11 is 6.30. The first-order valence-electron chi connectivity index (χ1n) is 9.52. The number of amides is 1. The molecule has 0 aliphatic heterocycles. The maximum absolute atomic E-state index is 12.4. The molecule has 3 rings (SSSR count). The SMILES string of the molecule is N#Cc1cc(C#N)cc(Oc2ccc(CC(=O)Nc3ccc(OCC(=O)O)cc3)cc2Cl)c1. The van der Waals surface area contributed by atoms with Crippen LogP contribution in [0.3, 0.4) is 0 Å². The Morgan fingerprint density at radius 2 is 1.61 bits per heavy atom. The number of carboxylic acid groups (broad SMARTS) is 1. The molecule has 3 aromatic carbocycles. The summed E-state index contributed by atoms with van der Waals surface area (Å²) < 4.78 is 10.8. The molecule has 0 unspecified atom stereocenters. The smallest absolute Gasteiger partial charge is 0.341 e. The molecule has 0 aromatic heterocycles. The van der Waals surface area contributed by atoms with E-state index >= 15 is 0 Å². The van der Waals surface area contributed by atoms with Gasteiger partial charge < -0.3 is 19.9 Å². The summed E-state index contributed by atoms with van der Waals surface area (Å²) in [6, 6.07) is 19.6. The number of carboxylic acids is 1. The van der Waals surface area contributed by atoms with Gasteiger partial charge in [-0.3, -0.25) is 4.79 Å². The summed E-state index contributed by atoms with van der Waals surface area (Å²) in [5.41, 5.74) is 1.75. The van der Waals surface area contributed by atoms with Gasteiger partial charge in [0.15, 0.2) is 6.61 Å². The Kier molecular flexibility index (Phi) is 7.48. The van der Waals surface area contributed by atoms with Gasteiger partial charge in [0.2, 0.25) is 5.91 Å². The molecule has 3 aromatic rings. The van der Waals surface area contributed by atoms with Crippen LogP contribution in [-0.4, -0.2) is 23.6 Å². The standard InChI is InChI=1S/C24H16ClN3O5/c25-21-10-15(1-6-22(21)33-20-8-16(12-26)7-17(9-20)13-27)11-23(29)28-18-2-4-19(5-3-18)32-14-24(30)31/h1-10H,11,14H2,(H,28,29)(H,30,31). The number of ether oxygens (including phenoxy) is 2. The molecule has 164 valence electrons. The highest BCUT2D eigenvalue weighted by Gasteiger charge is 2.10. The van der Waals surface area contributed by atoms with Crippen molar-refractivity contribution in [2.24, 2.45) is 0 Å². The first kappa shape index (κ1) is 23.1. The van der Waals surface area contributed by atoms with E-state index < -0.39 is 12.6 Å². The number of nitrogens with one attached hydrogen (secondary N) is 1. The van der Waals surface area contributed by atoms with Gasteiger partial charge in [-0.1, -0.05) is 17.7 Å². The maximum atomic E-state index is 12.4. The number of nitrogens with zero attached hydrogens (tertiary/aromatic N) is 2. The van der Waals surface area contributed by atoms with Crippen molar-refractivity contribution >= 4 is 29.2 Å². The molecule has 9 heteroatoms. The molecule has 0 radical (unpaired) electrons. The van der Waals surface area contributed by atoms with Crippen LogP contribution in [0.4, 0.5) is 5.69 Å². The lowest BCUT2D eigenvalue weighted by atomic mass is 10.1. The summed E-state index contributed by atoms with van der Waals surface area (Å²) in [6.07, 6.45) is 0.0553. The summed E-state index contributed by atoms with van der Waals surface area (Å²) in [5, 5.41) is 29.8. The van der Waals surface area contributed by atoms with Crippen LogP contribution in [0.25, 0.3) is 0 Å². The summed E-state index contributed by atoms with van der Waals surface area (Å²) in [7, 11) is 0. The van der Waals surface area contributed by atoms with E-state index in [4.69, 9.17) is 36.7 Å². The molecule has 0 aliphatic carbocycles. The zero-order chi connectivity index (χ0) is 23.8. The van der Waals surface area contributed by atoms with Gasteiger partial charge in [-0.2, -0.15) is 10.5 Å². The zero-order valence-electron chi connectivity index (χ0n) is 17.0. The van der Waals surface area contributed by atoms with E-state index in [9.17, 15) is 9.59 Å². The molecule has 0 spiro atoms. The Morgan fingerprint density at radius 3 is 2.18 bits per heavy atom. The third kappa shape index (κ3) is 6.73. The number of carbonyl (C=O) groups excluding carboxylic acids is 1. The van der Waals surface area contributed by atoms with Crippen molar-refractivity contribution in [2.45, 2.75) is 6.42 Å². The van der Waals surface area contributed by atoms with Crippen LogP contribution in [0.5, 0.6) is 17.2 Å². The van der Waals surface area contributed by atoms with E-state index in [1.807, 2.05) is 12.1 Å². The van der Waals surface area contributed by atoms with Crippen LogP contribution >= 0.6 is 11.6 Å². The van der Waals surface area contributed by atoms with Gasteiger partial charge in [0, 0.05) is 5.69 Å². The molecule has 0 atom stereocenters. The minimum atomic E-state index is -1.08. The highest BCUT2D eigenvalue weighted by molar-refractivity contribution is 6.32. The molecule has 0 saturated heterocycles. The molecule has 8 nitrogen and oxygen atoms in total. The quantitative estimate of drug-likeness (QED) is 0.503. The zero-order valence-corrected chi connectivity index (χ0v) is 17.8. The summed E-state index contributed by atoms with van der Waals surface area (Å²) in [6.45, 7) is -0.449. The number of nitriles is 2. The average Bonchev–Trinajstić information content (AvgIpc) is 2.80. The van der Waals surface area contributed by atoms with E-state index in [0.29, 0.717) is 28.5 Å².